The minimum absolute atomic E-state index is 0.250. The number of nitrogens with zero attached hydrogens (tertiary/aromatic N) is 2. The van der Waals surface area contributed by atoms with Crippen molar-refractivity contribution in [3.8, 4) is 5.75 Å². The fourth-order valence-corrected chi connectivity index (χ4v) is 5.05. The van der Waals surface area contributed by atoms with Crippen LogP contribution in [-0.2, 0) is 16.4 Å². The molecule has 0 fully saturated rings. The summed E-state index contributed by atoms with van der Waals surface area (Å²) in [5, 5.41) is 2.71. The van der Waals surface area contributed by atoms with Gasteiger partial charge in [-0.3, -0.25) is 0 Å². The summed E-state index contributed by atoms with van der Waals surface area (Å²) in [5.74, 6) is 0.532. The van der Waals surface area contributed by atoms with Crippen LogP contribution in [0.4, 0.5) is 0 Å². The first-order chi connectivity index (χ1) is 11.4. The van der Waals surface area contributed by atoms with E-state index in [1.165, 1.54) is 7.11 Å². The zero-order chi connectivity index (χ0) is 17.3. The largest absolute Gasteiger partial charge is 0.497 e. The fourth-order valence-electron chi connectivity index (χ4n) is 2.56. The van der Waals surface area contributed by atoms with Gasteiger partial charge in [0.05, 0.1) is 16.9 Å². The highest BCUT2D eigenvalue weighted by Crippen LogP contribution is 2.34. The van der Waals surface area contributed by atoms with Gasteiger partial charge in [-0.05, 0) is 43.7 Å². The molecule has 0 bridgehead atoms. The Bertz CT molecular complexity index is 955. The van der Waals surface area contributed by atoms with Crippen molar-refractivity contribution in [1.29, 1.82) is 0 Å². The Hall–Kier alpha value is -1.83. The van der Waals surface area contributed by atoms with Gasteiger partial charge in [0.2, 0.25) is 9.84 Å². The topological polar surface area (TPSA) is 51.5 Å². The molecule has 0 spiro atoms. The van der Waals surface area contributed by atoms with Crippen LogP contribution in [0.2, 0.25) is 0 Å². The lowest BCUT2D eigenvalue weighted by Gasteiger charge is -2.10. The third-order valence-electron chi connectivity index (χ3n) is 3.87. The summed E-state index contributed by atoms with van der Waals surface area (Å²) in [6, 6.07) is 8.47. The monoisotopic (exact) mass is 364 g/mol. The van der Waals surface area contributed by atoms with Gasteiger partial charge in [-0.15, -0.1) is 11.3 Å². The predicted octanol–water partition coefficient (Wildman–Crippen LogP) is 3.11. The minimum atomic E-state index is -3.59. The molecule has 1 aromatic carbocycles. The highest BCUT2D eigenvalue weighted by atomic mass is 32.2. The molecule has 3 aromatic rings. The predicted molar refractivity (Wildman–Crippen MR) is 96.8 cm³/mol. The summed E-state index contributed by atoms with van der Waals surface area (Å²) in [5.41, 5.74) is 0. The maximum Gasteiger partial charge on any atom is 0.208 e. The van der Waals surface area contributed by atoms with E-state index < -0.39 is 9.84 Å². The molecule has 0 saturated heterocycles. The Labute approximate surface area is 146 Å². The Kier molecular flexibility index (Phi) is 4.67. The molecule has 128 valence electrons. The molecule has 0 aliphatic carbocycles. The zero-order valence-electron chi connectivity index (χ0n) is 13.9. The van der Waals surface area contributed by atoms with Crippen molar-refractivity contribution in [2.24, 2.45) is 0 Å². The van der Waals surface area contributed by atoms with Gasteiger partial charge in [0.15, 0.2) is 0 Å². The van der Waals surface area contributed by atoms with E-state index in [1.54, 1.807) is 41.8 Å². The first kappa shape index (κ1) is 17.0. The number of thiophene rings is 1. The number of hydrogen-bond donors (Lipinski definition) is 0. The molecule has 3 rings (SSSR count). The third kappa shape index (κ3) is 3.07. The Morgan fingerprint density at radius 2 is 2.04 bits per heavy atom. The Morgan fingerprint density at radius 3 is 2.75 bits per heavy atom. The van der Waals surface area contributed by atoms with Crippen molar-refractivity contribution < 1.29 is 13.2 Å². The summed E-state index contributed by atoms with van der Waals surface area (Å²) in [4.78, 5) is 3.67. The summed E-state index contributed by atoms with van der Waals surface area (Å²) < 4.78 is 33.4. The van der Waals surface area contributed by atoms with Gasteiger partial charge >= 0.3 is 0 Å². The zero-order valence-corrected chi connectivity index (χ0v) is 15.5. The summed E-state index contributed by atoms with van der Waals surface area (Å²) in [6.45, 7) is 1.60. The first-order valence-corrected chi connectivity index (χ1v) is 9.90. The van der Waals surface area contributed by atoms with Crippen LogP contribution >= 0.6 is 11.3 Å². The van der Waals surface area contributed by atoms with Crippen LogP contribution in [0.15, 0.2) is 51.7 Å². The highest BCUT2D eigenvalue weighted by Gasteiger charge is 2.24. The van der Waals surface area contributed by atoms with Crippen LogP contribution in [0.3, 0.4) is 0 Å². The summed E-state index contributed by atoms with van der Waals surface area (Å²) in [6.07, 6.45) is 1.75. The molecule has 0 saturated carbocycles. The molecule has 7 heteroatoms. The van der Waals surface area contributed by atoms with Crippen LogP contribution in [-0.4, -0.2) is 45.6 Å². The maximum absolute atomic E-state index is 13.1. The minimum Gasteiger partial charge on any atom is -0.497 e. The Morgan fingerprint density at radius 1 is 1.25 bits per heavy atom. The molecule has 0 aliphatic heterocycles. The van der Waals surface area contributed by atoms with Gasteiger partial charge in [-0.1, -0.05) is 6.07 Å². The van der Waals surface area contributed by atoms with Crippen molar-refractivity contribution in [1.82, 2.24) is 9.47 Å². The molecule has 5 nitrogen and oxygen atoms in total. The number of fused-ring (bicyclic) bond motifs is 1. The molecule has 0 radical (unpaired) electrons. The average molecular weight is 364 g/mol. The van der Waals surface area contributed by atoms with Crippen LogP contribution in [0.1, 0.15) is 0 Å². The van der Waals surface area contributed by atoms with Crippen LogP contribution < -0.4 is 4.74 Å². The van der Waals surface area contributed by atoms with E-state index in [9.17, 15) is 8.42 Å². The second-order valence-electron chi connectivity index (χ2n) is 5.81. The van der Waals surface area contributed by atoms with E-state index in [4.69, 9.17) is 4.74 Å². The van der Waals surface area contributed by atoms with E-state index in [-0.39, 0.29) is 4.90 Å². The lowest BCUT2D eigenvalue weighted by molar-refractivity contribution is 0.387. The molecule has 2 aromatic heterocycles. The molecule has 2 heterocycles. The number of sulfone groups is 1. The standard InChI is InChI=1S/C17H20N2O3S2/c1-18(2)8-9-19-12-16(15-7-10-23-17(15)19)24(20,21)14-6-4-5-13(11-14)22-3/h4-7,10-12H,8-9H2,1-3H3. The molecular formula is C17H20N2O3S2. The number of rotatable bonds is 6. The number of benzene rings is 1. The van der Waals surface area contributed by atoms with E-state index in [0.29, 0.717) is 10.6 Å². The van der Waals surface area contributed by atoms with Gasteiger partial charge in [0, 0.05) is 24.7 Å². The second-order valence-corrected chi connectivity index (χ2v) is 8.62. The number of likely N-dealkylation sites (N-methyl/N-ethyl adjacent to an activating group) is 1. The molecule has 0 N–H and O–H groups in total. The van der Waals surface area contributed by atoms with Gasteiger partial charge in [-0.25, -0.2) is 8.42 Å². The molecule has 24 heavy (non-hydrogen) atoms. The van der Waals surface area contributed by atoms with Crippen LogP contribution in [0, 0.1) is 0 Å². The van der Waals surface area contributed by atoms with Gasteiger partial charge in [-0.2, -0.15) is 0 Å². The first-order valence-electron chi connectivity index (χ1n) is 7.53. The number of methoxy groups -OCH3 is 1. The number of hydrogen-bond acceptors (Lipinski definition) is 5. The molecule has 0 aliphatic rings. The summed E-state index contributed by atoms with van der Waals surface area (Å²) >= 11 is 1.56. The normalized spacial score (nSPS) is 12.2. The van der Waals surface area contributed by atoms with Gasteiger partial charge in [0.1, 0.15) is 10.6 Å². The number of ether oxygens (including phenoxy) is 1. The molecular weight excluding hydrogens is 344 g/mol. The van der Waals surface area contributed by atoms with E-state index in [2.05, 4.69) is 4.90 Å². The van der Waals surface area contributed by atoms with Gasteiger partial charge < -0.3 is 14.2 Å². The molecule has 0 atom stereocenters. The third-order valence-corrected chi connectivity index (χ3v) is 6.60. The highest BCUT2D eigenvalue weighted by molar-refractivity contribution is 7.91. The fraction of sp³-hybridized carbons (Fsp3) is 0.294. The quantitative estimate of drug-likeness (QED) is 0.674. The van der Waals surface area contributed by atoms with Crippen molar-refractivity contribution >= 4 is 31.4 Å². The summed E-state index contributed by atoms with van der Waals surface area (Å²) in [7, 11) is 1.94. The van der Waals surface area contributed by atoms with E-state index in [1.807, 2.05) is 30.1 Å². The molecule has 0 unspecified atom stereocenters. The van der Waals surface area contributed by atoms with Gasteiger partial charge in [0.25, 0.3) is 0 Å². The maximum atomic E-state index is 13.1. The van der Waals surface area contributed by atoms with Crippen molar-refractivity contribution in [2.45, 2.75) is 16.3 Å². The Balaban J connectivity index is 2.09. The number of aromatic nitrogens is 1. The van der Waals surface area contributed by atoms with E-state index in [0.717, 1.165) is 23.3 Å². The van der Waals surface area contributed by atoms with Crippen LogP contribution in [0.25, 0.3) is 10.2 Å². The van der Waals surface area contributed by atoms with E-state index >= 15 is 0 Å². The lowest BCUT2D eigenvalue weighted by Crippen LogP contribution is -2.17. The second kappa shape index (κ2) is 6.58. The average Bonchev–Trinajstić information content (AvgIpc) is 3.15. The van der Waals surface area contributed by atoms with Crippen LogP contribution in [0.5, 0.6) is 5.75 Å². The van der Waals surface area contributed by atoms with Crippen molar-refractivity contribution in [3.63, 3.8) is 0 Å². The molecule has 0 amide bonds. The smallest absolute Gasteiger partial charge is 0.208 e. The van der Waals surface area contributed by atoms with Crippen molar-refractivity contribution in [3.05, 3.63) is 41.9 Å². The lowest BCUT2D eigenvalue weighted by atomic mass is 10.3. The van der Waals surface area contributed by atoms with Crippen molar-refractivity contribution in [2.75, 3.05) is 27.7 Å². The SMILES string of the molecule is COc1cccc(S(=O)(=O)c2cn(CCN(C)C)c3sccc23)c1.